The van der Waals surface area contributed by atoms with E-state index in [1.165, 1.54) is 0 Å². The summed E-state index contributed by atoms with van der Waals surface area (Å²) < 4.78 is 6.45. The fraction of sp³-hybridized carbons (Fsp3) is 0.250. The third kappa shape index (κ3) is 2.50. The van der Waals surface area contributed by atoms with E-state index in [-0.39, 0.29) is 12.2 Å². The monoisotopic (exact) mass is 350 g/mol. The van der Waals surface area contributed by atoms with Gasteiger partial charge >= 0.3 is 0 Å². The van der Waals surface area contributed by atoms with Crippen molar-refractivity contribution in [3.63, 3.8) is 0 Å². The number of aliphatic hydroxyl groups excluding tert-OH is 1. The fourth-order valence-electron chi connectivity index (χ4n) is 3.51. The minimum Gasteiger partial charge on any atom is -0.463 e. The first kappa shape index (κ1) is 16.5. The number of hydrogen-bond donors (Lipinski definition) is 1. The third-order valence-corrected chi connectivity index (χ3v) is 4.85. The first-order valence-electron chi connectivity index (χ1n) is 8.53. The molecule has 1 atom stereocenters. The minimum absolute atomic E-state index is 0.152. The summed E-state index contributed by atoms with van der Waals surface area (Å²) in [6.45, 7) is 2.40. The quantitative estimate of drug-likeness (QED) is 0.560. The number of ether oxygens (including phenoxy) is 1. The molecule has 0 bridgehead atoms. The number of hydrogen-bond acceptors (Lipinski definition) is 5. The van der Waals surface area contributed by atoms with Gasteiger partial charge in [-0.2, -0.15) is 0 Å². The zero-order chi connectivity index (χ0) is 18.3. The number of rotatable bonds is 5. The van der Waals surface area contributed by atoms with Crippen LogP contribution in [0, 0.1) is 0 Å². The van der Waals surface area contributed by atoms with Gasteiger partial charge in [0.15, 0.2) is 0 Å². The van der Waals surface area contributed by atoms with Crippen LogP contribution in [-0.2, 0) is 22.7 Å². The first-order valence-corrected chi connectivity index (χ1v) is 8.53. The van der Waals surface area contributed by atoms with Crippen LogP contribution < -0.4 is 5.56 Å². The summed E-state index contributed by atoms with van der Waals surface area (Å²) in [5.41, 5.74) is 3.82. The average molecular weight is 350 g/mol. The third-order valence-electron chi connectivity index (χ3n) is 4.85. The van der Waals surface area contributed by atoms with Gasteiger partial charge in [0.2, 0.25) is 0 Å². The van der Waals surface area contributed by atoms with Crippen molar-refractivity contribution in [1.29, 1.82) is 0 Å². The van der Waals surface area contributed by atoms with E-state index in [0.29, 0.717) is 36.3 Å². The highest BCUT2D eigenvalue weighted by molar-refractivity contribution is 5.83. The van der Waals surface area contributed by atoms with E-state index in [0.717, 1.165) is 22.2 Å². The molecule has 0 radical (unpaired) electrons. The van der Waals surface area contributed by atoms with Gasteiger partial charge in [-0.15, -0.1) is 0 Å². The molecular formula is C20H18N2O4. The molecule has 3 aromatic rings. The summed E-state index contributed by atoms with van der Waals surface area (Å²) >= 11 is 0. The Morgan fingerprint density at radius 3 is 2.92 bits per heavy atom. The number of benzene rings is 1. The summed E-state index contributed by atoms with van der Waals surface area (Å²) in [4.78, 5) is 28.3. The lowest BCUT2D eigenvalue weighted by atomic mass is 10.0. The topological polar surface area (TPSA) is 81.4 Å². The van der Waals surface area contributed by atoms with Crippen LogP contribution in [0.3, 0.4) is 0 Å². The Balaban J connectivity index is 1.94. The van der Waals surface area contributed by atoms with Crippen LogP contribution in [-0.4, -0.2) is 21.1 Å². The number of para-hydroxylation sites is 1. The number of pyridine rings is 2. The van der Waals surface area contributed by atoms with Crippen LogP contribution in [0.1, 0.15) is 36.1 Å². The molecule has 0 spiro atoms. The number of aromatic nitrogens is 2. The molecule has 1 N–H and O–H groups in total. The van der Waals surface area contributed by atoms with E-state index in [1.807, 2.05) is 37.3 Å². The van der Waals surface area contributed by atoms with E-state index >= 15 is 0 Å². The fourth-order valence-corrected chi connectivity index (χ4v) is 3.51. The molecule has 26 heavy (non-hydrogen) atoms. The SMILES string of the molecule is CCC(O)c1cc2n(c(=O)c1COC=O)Cc1cc3ccccc3nc1-2. The summed E-state index contributed by atoms with van der Waals surface area (Å²) in [5, 5.41) is 11.4. The minimum atomic E-state index is -0.802. The standard InChI is InChI=1S/C20H18N2O4/c1-2-18(24)14-8-17-19-13(7-12-5-3-4-6-16(12)21-19)9-22(17)20(25)15(14)10-26-11-23/h3-8,11,18,24H,2,9-10H2,1H3. The Morgan fingerprint density at radius 2 is 2.15 bits per heavy atom. The van der Waals surface area contributed by atoms with E-state index in [2.05, 4.69) is 0 Å². The highest BCUT2D eigenvalue weighted by Gasteiger charge is 2.26. The Hall–Kier alpha value is -2.99. The van der Waals surface area contributed by atoms with Crippen molar-refractivity contribution in [3.05, 3.63) is 63.4 Å². The van der Waals surface area contributed by atoms with Crippen molar-refractivity contribution in [2.75, 3.05) is 0 Å². The second kappa shape index (κ2) is 6.38. The zero-order valence-electron chi connectivity index (χ0n) is 14.3. The second-order valence-electron chi connectivity index (χ2n) is 6.37. The van der Waals surface area contributed by atoms with Gasteiger partial charge in [-0.25, -0.2) is 4.98 Å². The molecule has 1 aromatic carbocycles. The van der Waals surface area contributed by atoms with Gasteiger partial charge in [-0.05, 0) is 30.2 Å². The molecule has 1 aliphatic rings. The number of fused-ring (bicyclic) bond motifs is 4. The van der Waals surface area contributed by atoms with Crippen molar-refractivity contribution in [2.45, 2.75) is 32.6 Å². The maximum Gasteiger partial charge on any atom is 0.293 e. The molecule has 1 aliphatic heterocycles. The highest BCUT2D eigenvalue weighted by atomic mass is 16.5. The Morgan fingerprint density at radius 1 is 1.35 bits per heavy atom. The van der Waals surface area contributed by atoms with Crippen LogP contribution in [0.25, 0.3) is 22.3 Å². The van der Waals surface area contributed by atoms with Gasteiger partial charge in [0.05, 0.1) is 35.1 Å². The summed E-state index contributed by atoms with van der Waals surface area (Å²) in [6.07, 6.45) is -0.349. The second-order valence-corrected chi connectivity index (χ2v) is 6.37. The smallest absolute Gasteiger partial charge is 0.293 e. The molecule has 4 rings (SSSR count). The number of nitrogens with zero attached hydrogens (tertiary/aromatic N) is 2. The lowest BCUT2D eigenvalue weighted by molar-refractivity contribution is -0.129. The molecule has 6 heteroatoms. The Kier molecular flexibility index (Phi) is 4.05. The van der Waals surface area contributed by atoms with Gasteiger partial charge in [0.1, 0.15) is 6.61 Å². The zero-order valence-corrected chi connectivity index (χ0v) is 14.3. The normalized spacial score (nSPS) is 13.3. The van der Waals surface area contributed by atoms with E-state index in [1.54, 1.807) is 10.6 Å². The largest absolute Gasteiger partial charge is 0.463 e. The Labute approximate surface area is 149 Å². The molecule has 6 nitrogen and oxygen atoms in total. The van der Waals surface area contributed by atoms with Gasteiger partial charge in [-0.3, -0.25) is 9.59 Å². The van der Waals surface area contributed by atoms with E-state index in [4.69, 9.17) is 9.72 Å². The van der Waals surface area contributed by atoms with Gasteiger partial charge in [-0.1, -0.05) is 25.1 Å². The van der Waals surface area contributed by atoms with Gasteiger partial charge in [0.25, 0.3) is 12.0 Å². The summed E-state index contributed by atoms with van der Waals surface area (Å²) in [7, 11) is 0. The van der Waals surface area contributed by atoms with Crippen LogP contribution in [0.2, 0.25) is 0 Å². The molecule has 0 amide bonds. The molecule has 1 unspecified atom stereocenters. The number of aliphatic hydroxyl groups is 1. The highest BCUT2D eigenvalue weighted by Crippen LogP contribution is 2.34. The lowest BCUT2D eigenvalue weighted by Gasteiger charge is -2.16. The molecular weight excluding hydrogens is 332 g/mol. The summed E-state index contributed by atoms with van der Waals surface area (Å²) in [6, 6.07) is 11.6. The average Bonchev–Trinajstić information content (AvgIpc) is 3.02. The number of carbonyl (C=O) groups is 1. The molecule has 132 valence electrons. The number of carbonyl (C=O) groups excluding carboxylic acids is 1. The predicted octanol–water partition coefficient (Wildman–Crippen LogP) is 2.54. The maximum atomic E-state index is 13.0. The predicted molar refractivity (Wildman–Crippen MR) is 96.6 cm³/mol. The van der Waals surface area contributed by atoms with E-state index < -0.39 is 6.10 Å². The van der Waals surface area contributed by atoms with Gasteiger partial charge in [0, 0.05) is 10.9 Å². The summed E-state index contributed by atoms with van der Waals surface area (Å²) in [5.74, 6) is 0. The van der Waals surface area contributed by atoms with Crippen molar-refractivity contribution in [1.82, 2.24) is 9.55 Å². The Bertz CT molecular complexity index is 1070. The first-order chi connectivity index (χ1) is 12.6. The van der Waals surface area contributed by atoms with Crippen LogP contribution in [0.5, 0.6) is 0 Å². The van der Waals surface area contributed by atoms with Crippen LogP contribution in [0.15, 0.2) is 41.2 Å². The molecule has 0 saturated carbocycles. The van der Waals surface area contributed by atoms with Gasteiger partial charge < -0.3 is 14.4 Å². The molecule has 0 fully saturated rings. The van der Waals surface area contributed by atoms with Crippen LogP contribution in [0.4, 0.5) is 0 Å². The molecule has 3 heterocycles. The van der Waals surface area contributed by atoms with Crippen molar-refractivity contribution >= 4 is 17.4 Å². The van der Waals surface area contributed by atoms with Crippen molar-refractivity contribution in [3.8, 4) is 11.4 Å². The van der Waals surface area contributed by atoms with E-state index in [9.17, 15) is 14.7 Å². The van der Waals surface area contributed by atoms with Crippen molar-refractivity contribution in [2.24, 2.45) is 0 Å². The maximum absolute atomic E-state index is 13.0. The molecule has 2 aromatic heterocycles. The lowest BCUT2D eigenvalue weighted by Crippen LogP contribution is -2.26. The molecule has 0 saturated heterocycles. The van der Waals surface area contributed by atoms with Crippen molar-refractivity contribution < 1.29 is 14.6 Å². The van der Waals surface area contributed by atoms with Crippen LogP contribution >= 0.6 is 0 Å². The molecule has 0 aliphatic carbocycles.